The summed E-state index contributed by atoms with van der Waals surface area (Å²) in [6.45, 7) is 3.43. The number of imide groups is 1. The highest BCUT2D eigenvalue weighted by molar-refractivity contribution is 8.03. The normalized spacial score (nSPS) is 23.2. The Bertz CT molecular complexity index is 610. The van der Waals surface area contributed by atoms with Crippen LogP contribution in [0.2, 0.25) is 0 Å². The molecular weight excluding hydrogens is 346 g/mol. The van der Waals surface area contributed by atoms with Crippen LogP contribution in [-0.2, 0) is 14.4 Å². The molecule has 0 aromatic carbocycles. The van der Waals surface area contributed by atoms with E-state index in [1.54, 1.807) is 37.4 Å². The van der Waals surface area contributed by atoms with E-state index in [9.17, 15) is 19.5 Å². The molecule has 2 aliphatic rings. The lowest BCUT2D eigenvalue weighted by Gasteiger charge is -2.21. The second-order valence-electron chi connectivity index (χ2n) is 6.13. The van der Waals surface area contributed by atoms with Crippen molar-refractivity contribution >= 4 is 41.1 Å². The highest BCUT2D eigenvalue weighted by Crippen LogP contribution is 2.32. The fourth-order valence-corrected chi connectivity index (χ4v) is 4.20. The standard InChI is InChI=1S/C17H23NO4S2/c1-10(2)15(20)14-16(21)12(6-8-23-3)18(17(14)22)13(19)9-11-5-4-7-24-11/h5,10,12,20H,4,6-9H2,1-3H3/b15-14-. The third kappa shape index (κ3) is 3.88. The van der Waals surface area contributed by atoms with Crippen LogP contribution in [0.25, 0.3) is 0 Å². The quantitative estimate of drug-likeness (QED) is 0.441. The minimum atomic E-state index is -0.791. The molecule has 1 fully saturated rings. The molecule has 2 amide bonds. The number of ketones is 1. The van der Waals surface area contributed by atoms with Gasteiger partial charge in [-0.15, -0.1) is 11.8 Å². The van der Waals surface area contributed by atoms with Gasteiger partial charge in [-0.1, -0.05) is 19.9 Å². The van der Waals surface area contributed by atoms with Crippen LogP contribution >= 0.6 is 23.5 Å². The Labute approximate surface area is 150 Å². The van der Waals surface area contributed by atoms with Crippen LogP contribution in [0.5, 0.6) is 0 Å². The molecule has 1 N–H and O–H groups in total. The van der Waals surface area contributed by atoms with Crippen molar-refractivity contribution in [1.82, 2.24) is 4.90 Å². The van der Waals surface area contributed by atoms with Crippen molar-refractivity contribution in [3.63, 3.8) is 0 Å². The first kappa shape index (κ1) is 19.1. The van der Waals surface area contributed by atoms with Crippen molar-refractivity contribution in [2.75, 3.05) is 17.8 Å². The third-order valence-corrected chi connectivity index (χ3v) is 5.83. The minimum absolute atomic E-state index is 0.148. The van der Waals surface area contributed by atoms with E-state index in [0.29, 0.717) is 12.2 Å². The summed E-state index contributed by atoms with van der Waals surface area (Å²) in [5.74, 6) is -0.369. The molecule has 1 atom stereocenters. The van der Waals surface area contributed by atoms with Gasteiger partial charge in [0, 0.05) is 11.7 Å². The van der Waals surface area contributed by atoms with E-state index in [-0.39, 0.29) is 29.6 Å². The van der Waals surface area contributed by atoms with Crippen molar-refractivity contribution in [2.24, 2.45) is 5.92 Å². The molecule has 2 heterocycles. The predicted octanol–water partition coefficient (Wildman–Crippen LogP) is 2.93. The van der Waals surface area contributed by atoms with E-state index in [1.807, 2.05) is 12.3 Å². The Balaban J connectivity index is 2.31. The zero-order chi connectivity index (χ0) is 17.9. The average Bonchev–Trinajstić information content (AvgIpc) is 3.11. The van der Waals surface area contributed by atoms with Gasteiger partial charge >= 0.3 is 0 Å². The van der Waals surface area contributed by atoms with Crippen LogP contribution in [0.15, 0.2) is 22.3 Å². The highest BCUT2D eigenvalue weighted by Gasteiger charge is 2.47. The largest absolute Gasteiger partial charge is 0.511 e. The predicted molar refractivity (Wildman–Crippen MR) is 97.9 cm³/mol. The lowest BCUT2D eigenvalue weighted by molar-refractivity contribution is -0.143. The van der Waals surface area contributed by atoms with Crippen molar-refractivity contribution in [1.29, 1.82) is 0 Å². The summed E-state index contributed by atoms with van der Waals surface area (Å²) >= 11 is 3.17. The molecule has 0 aromatic rings. The van der Waals surface area contributed by atoms with Crippen LogP contribution in [0, 0.1) is 5.92 Å². The summed E-state index contributed by atoms with van der Waals surface area (Å²) < 4.78 is 0. The SMILES string of the molecule is CSCCC1C(=O)/C(=C(/O)C(C)C)C(=O)N1C(=O)CC1=CCCS1. The number of amides is 2. The summed E-state index contributed by atoms with van der Waals surface area (Å²) in [5, 5.41) is 10.2. The van der Waals surface area contributed by atoms with Gasteiger partial charge in [0.15, 0.2) is 5.78 Å². The Hall–Kier alpha value is -1.21. The van der Waals surface area contributed by atoms with Gasteiger partial charge in [0.2, 0.25) is 5.91 Å². The van der Waals surface area contributed by atoms with Crippen molar-refractivity contribution < 1.29 is 19.5 Å². The molecule has 1 saturated heterocycles. The van der Waals surface area contributed by atoms with Gasteiger partial charge in [0.1, 0.15) is 17.4 Å². The number of likely N-dealkylation sites (tertiary alicyclic amines) is 1. The molecule has 24 heavy (non-hydrogen) atoms. The second kappa shape index (κ2) is 8.25. The van der Waals surface area contributed by atoms with E-state index in [2.05, 4.69) is 0 Å². The van der Waals surface area contributed by atoms with Crippen molar-refractivity contribution in [3.8, 4) is 0 Å². The maximum atomic E-state index is 12.7. The molecule has 0 radical (unpaired) electrons. The van der Waals surface area contributed by atoms with E-state index in [1.165, 1.54) is 0 Å². The summed E-state index contributed by atoms with van der Waals surface area (Å²) in [6, 6.07) is -0.791. The zero-order valence-corrected chi connectivity index (χ0v) is 15.8. The van der Waals surface area contributed by atoms with Crippen molar-refractivity contribution in [2.45, 2.75) is 39.2 Å². The number of thioether (sulfide) groups is 2. The van der Waals surface area contributed by atoms with Crippen LogP contribution < -0.4 is 0 Å². The first-order valence-electron chi connectivity index (χ1n) is 8.03. The number of carbonyl (C=O) groups is 3. The molecule has 0 aliphatic carbocycles. The zero-order valence-electron chi connectivity index (χ0n) is 14.2. The number of hydrogen-bond donors (Lipinski definition) is 1. The Morgan fingerprint density at radius 1 is 1.46 bits per heavy atom. The summed E-state index contributed by atoms with van der Waals surface area (Å²) in [7, 11) is 0. The number of Topliss-reactive ketones (excluding diaryl/α,β-unsaturated/α-hetero) is 1. The first-order chi connectivity index (χ1) is 11.4. The van der Waals surface area contributed by atoms with Gasteiger partial charge < -0.3 is 5.11 Å². The van der Waals surface area contributed by atoms with E-state index in [0.717, 1.165) is 22.0 Å². The smallest absolute Gasteiger partial charge is 0.268 e. The van der Waals surface area contributed by atoms with Crippen LogP contribution in [0.3, 0.4) is 0 Å². The first-order valence-corrected chi connectivity index (χ1v) is 10.4. The average molecular weight is 370 g/mol. The molecule has 132 valence electrons. The summed E-state index contributed by atoms with van der Waals surface area (Å²) in [6.07, 6.45) is 5.41. The van der Waals surface area contributed by atoms with Crippen LogP contribution in [-0.4, -0.2) is 51.4 Å². The van der Waals surface area contributed by atoms with Crippen molar-refractivity contribution in [3.05, 3.63) is 22.3 Å². The molecule has 0 spiro atoms. The number of nitrogens with zero attached hydrogens (tertiary/aromatic N) is 1. The molecular formula is C17H23NO4S2. The van der Waals surface area contributed by atoms with E-state index >= 15 is 0 Å². The van der Waals surface area contributed by atoms with Gasteiger partial charge in [0.05, 0.1) is 6.42 Å². The number of aliphatic hydroxyl groups is 1. The summed E-state index contributed by atoms with van der Waals surface area (Å²) in [5.41, 5.74) is -0.211. The van der Waals surface area contributed by atoms with Gasteiger partial charge in [-0.2, -0.15) is 11.8 Å². The lowest BCUT2D eigenvalue weighted by atomic mass is 10.0. The fraction of sp³-hybridized carbons (Fsp3) is 0.588. The van der Waals surface area contributed by atoms with Crippen LogP contribution in [0.1, 0.15) is 33.1 Å². The molecule has 0 aromatic heterocycles. The number of carbonyl (C=O) groups excluding carboxylic acids is 3. The topological polar surface area (TPSA) is 74.7 Å². The molecule has 0 saturated carbocycles. The number of hydrogen-bond acceptors (Lipinski definition) is 6. The van der Waals surface area contributed by atoms with E-state index < -0.39 is 17.7 Å². The number of allylic oxidation sites excluding steroid dienone is 2. The van der Waals surface area contributed by atoms with Gasteiger partial charge in [0.25, 0.3) is 5.91 Å². The Morgan fingerprint density at radius 2 is 2.17 bits per heavy atom. The number of rotatable bonds is 6. The number of aliphatic hydroxyl groups excluding tert-OH is 1. The molecule has 5 nitrogen and oxygen atoms in total. The lowest BCUT2D eigenvalue weighted by Crippen LogP contribution is -2.40. The minimum Gasteiger partial charge on any atom is -0.511 e. The maximum Gasteiger partial charge on any atom is 0.268 e. The Morgan fingerprint density at radius 3 is 2.71 bits per heavy atom. The second-order valence-corrected chi connectivity index (χ2v) is 8.34. The third-order valence-electron chi connectivity index (χ3n) is 4.06. The van der Waals surface area contributed by atoms with Gasteiger partial charge in [-0.25, -0.2) is 0 Å². The van der Waals surface area contributed by atoms with E-state index in [4.69, 9.17) is 0 Å². The molecule has 1 unspecified atom stereocenters. The van der Waals surface area contributed by atoms with Gasteiger partial charge in [-0.05, 0) is 29.8 Å². The molecule has 2 aliphatic heterocycles. The van der Waals surface area contributed by atoms with Gasteiger partial charge in [-0.3, -0.25) is 19.3 Å². The monoisotopic (exact) mass is 369 g/mol. The molecule has 2 rings (SSSR count). The molecule has 7 heteroatoms. The fourth-order valence-electron chi connectivity index (χ4n) is 2.78. The Kier molecular flexibility index (Phi) is 6.57. The van der Waals surface area contributed by atoms with Crippen LogP contribution in [0.4, 0.5) is 0 Å². The molecule has 0 bridgehead atoms. The highest BCUT2D eigenvalue weighted by atomic mass is 32.2. The maximum absolute atomic E-state index is 12.7. The summed E-state index contributed by atoms with van der Waals surface area (Å²) in [4.78, 5) is 40.0.